The summed E-state index contributed by atoms with van der Waals surface area (Å²) in [7, 11) is 4.34. The van der Waals surface area contributed by atoms with E-state index in [1.54, 1.807) is 0 Å². The Morgan fingerprint density at radius 3 is 2.26 bits per heavy atom. The number of nitrogens with one attached hydrogen (secondary N) is 1. The zero-order valence-corrected chi connectivity index (χ0v) is 16.8. The molecule has 27 heavy (non-hydrogen) atoms. The lowest BCUT2D eigenvalue weighted by atomic mass is 10.2. The molecular formula is C19H20BrNO6. The fraction of sp³-hybridized carbons (Fsp3) is 0.263. The van der Waals surface area contributed by atoms with Crippen molar-refractivity contribution in [1.29, 1.82) is 0 Å². The van der Waals surface area contributed by atoms with E-state index in [1.807, 2.05) is 30.3 Å². The molecule has 2 aromatic carbocycles. The first kappa shape index (κ1) is 20.6. The Bertz CT molecular complexity index is 810. The minimum Gasteiger partial charge on any atom is -0.493 e. The molecule has 0 heterocycles. The number of carbonyl (C=O) groups excluding carboxylic acids is 2. The molecule has 0 fully saturated rings. The number of amides is 1. The van der Waals surface area contributed by atoms with Gasteiger partial charge in [-0.1, -0.05) is 30.3 Å². The highest BCUT2D eigenvalue weighted by molar-refractivity contribution is 9.10. The molecule has 0 bridgehead atoms. The summed E-state index contributed by atoms with van der Waals surface area (Å²) in [6.07, 6.45) is 0. The molecule has 144 valence electrons. The largest absolute Gasteiger partial charge is 0.493 e. The minimum absolute atomic E-state index is 0.153. The lowest BCUT2D eigenvalue weighted by Crippen LogP contribution is -2.28. The van der Waals surface area contributed by atoms with Crippen molar-refractivity contribution >= 4 is 27.8 Å². The number of hydrogen-bond donors (Lipinski definition) is 1. The van der Waals surface area contributed by atoms with E-state index in [2.05, 4.69) is 21.2 Å². The number of methoxy groups -OCH3 is 3. The van der Waals surface area contributed by atoms with Crippen LogP contribution in [-0.2, 0) is 16.1 Å². The predicted octanol–water partition coefficient (Wildman–Crippen LogP) is 2.95. The molecule has 0 unspecified atom stereocenters. The van der Waals surface area contributed by atoms with Gasteiger partial charge in [-0.15, -0.1) is 0 Å². The van der Waals surface area contributed by atoms with Crippen molar-refractivity contribution < 1.29 is 28.5 Å². The highest BCUT2D eigenvalue weighted by atomic mass is 79.9. The standard InChI is InChI=1S/C19H20BrNO6/c1-24-14-9-13(16(20)18(26-3)17(14)25-2)19(23)27-11-15(22)21-10-12-7-5-4-6-8-12/h4-9H,10-11H2,1-3H3,(H,21,22). The van der Waals surface area contributed by atoms with Crippen molar-refractivity contribution in [2.24, 2.45) is 0 Å². The quantitative estimate of drug-likeness (QED) is 0.639. The van der Waals surface area contributed by atoms with Crippen molar-refractivity contribution in [3.05, 3.63) is 52.0 Å². The Morgan fingerprint density at radius 2 is 1.67 bits per heavy atom. The maximum absolute atomic E-state index is 12.4. The van der Waals surface area contributed by atoms with Crippen molar-refractivity contribution in [2.75, 3.05) is 27.9 Å². The number of esters is 1. The van der Waals surface area contributed by atoms with E-state index < -0.39 is 18.5 Å². The topological polar surface area (TPSA) is 83.1 Å². The Hall–Kier alpha value is -2.74. The van der Waals surface area contributed by atoms with E-state index in [0.29, 0.717) is 22.5 Å². The summed E-state index contributed by atoms with van der Waals surface area (Å²) in [5, 5.41) is 2.69. The van der Waals surface area contributed by atoms with E-state index >= 15 is 0 Å². The van der Waals surface area contributed by atoms with E-state index in [0.717, 1.165) is 5.56 Å². The van der Waals surface area contributed by atoms with Gasteiger partial charge in [0.15, 0.2) is 18.1 Å². The third kappa shape index (κ3) is 5.13. The SMILES string of the molecule is COc1cc(C(=O)OCC(=O)NCc2ccccc2)c(Br)c(OC)c1OC. The second-order valence-corrected chi connectivity index (χ2v) is 6.14. The fourth-order valence-corrected chi connectivity index (χ4v) is 2.94. The maximum Gasteiger partial charge on any atom is 0.340 e. The van der Waals surface area contributed by atoms with Gasteiger partial charge < -0.3 is 24.3 Å². The second-order valence-electron chi connectivity index (χ2n) is 5.35. The third-order valence-electron chi connectivity index (χ3n) is 3.66. The Labute approximate surface area is 165 Å². The normalized spacial score (nSPS) is 10.1. The molecule has 0 atom stereocenters. The Morgan fingerprint density at radius 1 is 1.00 bits per heavy atom. The number of rotatable bonds is 8. The third-order valence-corrected chi connectivity index (χ3v) is 4.44. The van der Waals surface area contributed by atoms with Crippen LogP contribution in [0.2, 0.25) is 0 Å². The zero-order valence-electron chi connectivity index (χ0n) is 15.2. The summed E-state index contributed by atoms with van der Waals surface area (Å²) in [4.78, 5) is 24.3. The smallest absolute Gasteiger partial charge is 0.340 e. The van der Waals surface area contributed by atoms with Crippen molar-refractivity contribution in [3.8, 4) is 17.2 Å². The molecule has 0 saturated heterocycles. The molecule has 0 aliphatic heterocycles. The maximum atomic E-state index is 12.4. The van der Waals surface area contributed by atoms with Crippen molar-refractivity contribution in [1.82, 2.24) is 5.32 Å². The first-order valence-electron chi connectivity index (χ1n) is 7.98. The van der Waals surface area contributed by atoms with Crippen LogP contribution in [0.4, 0.5) is 0 Å². The van der Waals surface area contributed by atoms with Crippen molar-refractivity contribution in [2.45, 2.75) is 6.54 Å². The molecular weight excluding hydrogens is 418 g/mol. The van der Waals surface area contributed by atoms with Crippen LogP contribution in [0, 0.1) is 0 Å². The van der Waals surface area contributed by atoms with Gasteiger partial charge in [0.1, 0.15) is 0 Å². The van der Waals surface area contributed by atoms with E-state index in [4.69, 9.17) is 18.9 Å². The van der Waals surface area contributed by atoms with Gasteiger partial charge >= 0.3 is 5.97 Å². The molecule has 2 aromatic rings. The van der Waals surface area contributed by atoms with Crippen LogP contribution in [0.15, 0.2) is 40.9 Å². The summed E-state index contributed by atoms with van der Waals surface area (Å²) in [5.74, 6) is -0.175. The van der Waals surface area contributed by atoms with Crippen molar-refractivity contribution in [3.63, 3.8) is 0 Å². The average molecular weight is 438 g/mol. The van der Waals surface area contributed by atoms with Gasteiger partial charge in [-0.25, -0.2) is 4.79 Å². The lowest BCUT2D eigenvalue weighted by Gasteiger charge is -2.16. The summed E-state index contributed by atoms with van der Waals surface area (Å²) >= 11 is 3.30. The fourth-order valence-electron chi connectivity index (χ4n) is 2.33. The monoisotopic (exact) mass is 437 g/mol. The van der Waals surface area contributed by atoms with E-state index in [9.17, 15) is 9.59 Å². The van der Waals surface area contributed by atoms with Gasteiger partial charge in [-0.2, -0.15) is 0 Å². The van der Waals surface area contributed by atoms with Crippen LogP contribution in [0.5, 0.6) is 17.2 Å². The van der Waals surface area contributed by atoms with E-state index in [-0.39, 0.29) is 11.3 Å². The summed E-state index contributed by atoms with van der Waals surface area (Å²) in [6, 6.07) is 10.9. The molecule has 8 heteroatoms. The predicted molar refractivity (Wildman–Crippen MR) is 102 cm³/mol. The zero-order chi connectivity index (χ0) is 19.8. The minimum atomic E-state index is -0.698. The van der Waals surface area contributed by atoms with Gasteiger partial charge in [-0.3, -0.25) is 4.79 Å². The summed E-state index contributed by atoms with van der Waals surface area (Å²) in [6.45, 7) is -0.0557. The van der Waals surface area contributed by atoms with E-state index in [1.165, 1.54) is 27.4 Å². The van der Waals surface area contributed by atoms with Gasteiger partial charge in [-0.05, 0) is 27.6 Å². The highest BCUT2D eigenvalue weighted by Gasteiger charge is 2.24. The Kier molecular flexibility index (Phi) is 7.48. The molecule has 0 aliphatic rings. The number of halogens is 1. The van der Waals surface area contributed by atoms with Gasteiger partial charge in [0.05, 0.1) is 31.4 Å². The number of hydrogen-bond acceptors (Lipinski definition) is 6. The second kappa shape index (κ2) is 9.82. The van der Waals surface area contributed by atoms with Crippen LogP contribution < -0.4 is 19.5 Å². The molecule has 2 rings (SSSR count). The molecule has 0 spiro atoms. The molecule has 0 saturated carbocycles. The average Bonchev–Trinajstić information content (AvgIpc) is 2.70. The molecule has 1 amide bonds. The molecule has 0 aliphatic carbocycles. The molecule has 0 aromatic heterocycles. The van der Waals surface area contributed by atoms with Crippen LogP contribution >= 0.6 is 15.9 Å². The van der Waals surface area contributed by atoms with Gasteiger partial charge in [0.25, 0.3) is 5.91 Å². The van der Waals surface area contributed by atoms with Crippen LogP contribution in [0.3, 0.4) is 0 Å². The lowest BCUT2D eigenvalue weighted by molar-refractivity contribution is -0.124. The molecule has 1 N–H and O–H groups in total. The number of carbonyl (C=O) groups is 2. The van der Waals surface area contributed by atoms with Gasteiger partial charge in [0.2, 0.25) is 5.75 Å². The van der Waals surface area contributed by atoms with Gasteiger partial charge in [0, 0.05) is 6.54 Å². The summed E-state index contributed by atoms with van der Waals surface area (Å²) in [5.41, 5.74) is 1.10. The highest BCUT2D eigenvalue weighted by Crippen LogP contribution is 2.44. The van der Waals surface area contributed by atoms with Crippen LogP contribution in [0.1, 0.15) is 15.9 Å². The first-order chi connectivity index (χ1) is 13.0. The molecule has 7 nitrogen and oxygen atoms in total. The van der Waals surface area contributed by atoms with Crippen LogP contribution in [-0.4, -0.2) is 39.8 Å². The molecule has 0 radical (unpaired) electrons. The number of benzene rings is 2. The number of ether oxygens (including phenoxy) is 4. The first-order valence-corrected chi connectivity index (χ1v) is 8.77. The Balaban J connectivity index is 2.04. The summed E-state index contributed by atoms with van der Waals surface area (Å²) < 4.78 is 21.2. The van der Waals surface area contributed by atoms with Crippen LogP contribution in [0.25, 0.3) is 0 Å².